The highest BCUT2D eigenvalue weighted by Gasteiger charge is 2.22. The van der Waals surface area contributed by atoms with Crippen LogP contribution in [0.25, 0.3) is 0 Å². The van der Waals surface area contributed by atoms with Gasteiger partial charge in [-0.1, -0.05) is 0 Å². The number of ether oxygens (including phenoxy) is 1. The minimum atomic E-state index is -0.918. The third-order valence-electron chi connectivity index (χ3n) is 2.36. The number of carboxylic acids is 1. The topological polar surface area (TPSA) is 90.4 Å². The first-order valence-electron chi connectivity index (χ1n) is 4.84. The third-order valence-corrected chi connectivity index (χ3v) is 2.36. The van der Waals surface area contributed by atoms with Crippen LogP contribution in [0.1, 0.15) is 24.4 Å². The molecular weight excluding hydrogens is 198 g/mol. The van der Waals surface area contributed by atoms with Crippen LogP contribution in [0.4, 0.5) is 0 Å². The third kappa shape index (κ3) is 1.94. The second-order valence-corrected chi connectivity index (χ2v) is 3.53. The van der Waals surface area contributed by atoms with E-state index in [1.807, 2.05) is 0 Å². The van der Waals surface area contributed by atoms with Gasteiger partial charge in [0.15, 0.2) is 0 Å². The zero-order chi connectivity index (χ0) is 10.8. The first-order valence-corrected chi connectivity index (χ1v) is 4.84. The van der Waals surface area contributed by atoms with Crippen molar-refractivity contribution in [2.75, 3.05) is 6.61 Å². The van der Waals surface area contributed by atoms with E-state index in [1.165, 1.54) is 0 Å². The summed E-state index contributed by atoms with van der Waals surface area (Å²) in [5.41, 5.74) is 6.43. The molecule has 2 heterocycles. The van der Waals surface area contributed by atoms with Crippen LogP contribution >= 0.6 is 0 Å². The maximum atomic E-state index is 10.5. The van der Waals surface area contributed by atoms with Gasteiger partial charge in [-0.15, -0.1) is 0 Å². The van der Waals surface area contributed by atoms with Crippen molar-refractivity contribution >= 4 is 5.97 Å². The summed E-state index contributed by atoms with van der Waals surface area (Å²) in [5.74, 6) is -0.298. The summed E-state index contributed by atoms with van der Waals surface area (Å²) >= 11 is 0. The van der Waals surface area contributed by atoms with E-state index in [9.17, 15) is 4.79 Å². The molecule has 2 rings (SSSR count). The predicted octanol–water partition coefficient (Wildman–Crippen LogP) is 0.140. The lowest BCUT2D eigenvalue weighted by atomic mass is 10.1. The number of aryl methyl sites for hydroxylation is 1. The molecule has 1 aromatic rings. The average molecular weight is 211 g/mol. The molecule has 0 bridgehead atoms. The SMILES string of the molecule is NC(CC(=O)O)c1cnn2c1OCCC2. The van der Waals surface area contributed by atoms with Gasteiger partial charge in [0.1, 0.15) is 0 Å². The molecule has 0 spiro atoms. The average Bonchev–Trinajstić information content (AvgIpc) is 2.59. The monoisotopic (exact) mass is 211 g/mol. The molecule has 1 unspecified atom stereocenters. The molecule has 0 fully saturated rings. The van der Waals surface area contributed by atoms with Gasteiger partial charge < -0.3 is 15.6 Å². The molecule has 1 aromatic heterocycles. The van der Waals surface area contributed by atoms with E-state index in [0.29, 0.717) is 18.1 Å². The summed E-state index contributed by atoms with van der Waals surface area (Å²) in [7, 11) is 0. The molecule has 0 radical (unpaired) electrons. The van der Waals surface area contributed by atoms with Gasteiger partial charge in [0.25, 0.3) is 0 Å². The lowest BCUT2D eigenvalue weighted by Crippen LogP contribution is -2.19. The minimum absolute atomic E-state index is 0.109. The molecule has 3 N–H and O–H groups in total. The molecule has 0 aromatic carbocycles. The van der Waals surface area contributed by atoms with E-state index in [2.05, 4.69) is 5.10 Å². The number of carbonyl (C=O) groups is 1. The molecule has 1 aliphatic rings. The fourth-order valence-electron chi connectivity index (χ4n) is 1.64. The first kappa shape index (κ1) is 9.97. The minimum Gasteiger partial charge on any atom is -0.481 e. The van der Waals surface area contributed by atoms with Crippen LogP contribution in [0.3, 0.4) is 0 Å². The highest BCUT2D eigenvalue weighted by molar-refractivity contribution is 5.68. The van der Waals surface area contributed by atoms with Crippen molar-refractivity contribution in [2.45, 2.75) is 25.4 Å². The van der Waals surface area contributed by atoms with Crippen LogP contribution < -0.4 is 10.5 Å². The summed E-state index contributed by atoms with van der Waals surface area (Å²) in [6.45, 7) is 1.44. The van der Waals surface area contributed by atoms with Crippen LogP contribution in [-0.4, -0.2) is 27.5 Å². The van der Waals surface area contributed by atoms with E-state index >= 15 is 0 Å². The molecule has 0 amide bonds. The van der Waals surface area contributed by atoms with E-state index in [-0.39, 0.29) is 6.42 Å². The summed E-state index contributed by atoms with van der Waals surface area (Å²) in [4.78, 5) is 10.5. The van der Waals surface area contributed by atoms with Gasteiger partial charge in [0.05, 0.1) is 24.8 Å². The lowest BCUT2D eigenvalue weighted by Gasteiger charge is -2.17. The van der Waals surface area contributed by atoms with Gasteiger partial charge in [-0.3, -0.25) is 4.79 Å². The Labute approximate surface area is 86.6 Å². The highest BCUT2D eigenvalue weighted by atomic mass is 16.5. The zero-order valence-electron chi connectivity index (χ0n) is 8.22. The Bertz CT molecular complexity index is 375. The Kier molecular flexibility index (Phi) is 2.59. The fourth-order valence-corrected chi connectivity index (χ4v) is 1.64. The Balaban J connectivity index is 2.20. The van der Waals surface area contributed by atoms with Crippen LogP contribution in [0.15, 0.2) is 6.20 Å². The van der Waals surface area contributed by atoms with Crippen molar-refractivity contribution in [3.05, 3.63) is 11.8 Å². The number of hydrogen-bond acceptors (Lipinski definition) is 4. The second kappa shape index (κ2) is 3.90. The molecule has 0 saturated carbocycles. The van der Waals surface area contributed by atoms with Crippen LogP contribution in [0, 0.1) is 0 Å². The summed E-state index contributed by atoms with van der Waals surface area (Å²) in [5, 5.41) is 12.7. The van der Waals surface area contributed by atoms with E-state index < -0.39 is 12.0 Å². The van der Waals surface area contributed by atoms with Gasteiger partial charge >= 0.3 is 5.97 Å². The van der Waals surface area contributed by atoms with Crippen molar-refractivity contribution in [3.8, 4) is 5.88 Å². The van der Waals surface area contributed by atoms with E-state index in [1.54, 1.807) is 10.9 Å². The second-order valence-electron chi connectivity index (χ2n) is 3.53. The number of nitrogens with zero attached hydrogens (tertiary/aromatic N) is 2. The van der Waals surface area contributed by atoms with Crippen molar-refractivity contribution in [2.24, 2.45) is 5.73 Å². The molecule has 15 heavy (non-hydrogen) atoms. The number of fused-ring (bicyclic) bond motifs is 1. The van der Waals surface area contributed by atoms with Crippen molar-refractivity contribution < 1.29 is 14.6 Å². The molecule has 6 nitrogen and oxygen atoms in total. The van der Waals surface area contributed by atoms with E-state index in [4.69, 9.17) is 15.6 Å². The van der Waals surface area contributed by atoms with Gasteiger partial charge in [0.2, 0.25) is 5.88 Å². The molecule has 82 valence electrons. The quantitative estimate of drug-likeness (QED) is 0.742. The zero-order valence-corrected chi connectivity index (χ0v) is 8.22. The van der Waals surface area contributed by atoms with Gasteiger partial charge in [-0.05, 0) is 0 Å². The maximum absolute atomic E-state index is 10.5. The Hall–Kier alpha value is -1.56. The summed E-state index contributed by atoms with van der Waals surface area (Å²) < 4.78 is 7.15. The number of carboxylic acid groups (broad SMARTS) is 1. The van der Waals surface area contributed by atoms with Gasteiger partial charge in [0, 0.05) is 19.0 Å². The van der Waals surface area contributed by atoms with Gasteiger partial charge in [-0.2, -0.15) is 5.10 Å². The largest absolute Gasteiger partial charge is 0.481 e. The number of hydrogen-bond donors (Lipinski definition) is 2. The molecule has 0 aliphatic carbocycles. The fraction of sp³-hybridized carbons (Fsp3) is 0.556. The van der Waals surface area contributed by atoms with Crippen molar-refractivity contribution in [1.82, 2.24) is 9.78 Å². The van der Waals surface area contributed by atoms with E-state index in [0.717, 1.165) is 13.0 Å². The molecule has 1 atom stereocenters. The lowest BCUT2D eigenvalue weighted by molar-refractivity contribution is -0.137. The number of aliphatic carboxylic acids is 1. The smallest absolute Gasteiger partial charge is 0.305 e. The van der Waals surface area contributed by atoms with Crippen LogP contribution in [-0.2, 0) is 11.3 Å². The number of rotatable bonds is 3. The first-order chi connectivity index (χ1) is 7.18. The predicted molar refractivity (Wildman–Crippen MR) is 51.5 cm³/mol. The maximum Gasteiger partial charge on any atom is 0.305 e. The molecule has 1 aliphatic heterocycles. The normalized spacial score (nSPS) is 16.6. The molecule has 6 heteroatoms. The number of nitrogens with two attached hydrogens (primary N) is 1. The molecular formula is C9H13N3O3. The standard InChI is InChI=1S/C9H13N3O3/c10-7(4-8(13)14)6-5-11-12-2-1-3-15-9(6)12/h5,7H,1-4,10H2,(H,13,14). The van der Waals surface area contributed by atoms with Crippen LogP contribution in [0.5, 0.6) is 5.88 Å². The summed E-state index contributed by atoms with van der Waals surface area (Å²) in [6.07, 6.45) is 2.40. The van der Waals surface area contributed by atoms with Crippen LogP contribution in [0.2, 0.25) is 0 Å². The molecule has 0 saturated heterocycles. The van der Waals surface area contributed by atoms with Crippen molar-refractivity contribution in [1.29, 1.82) is 0 Å². The highest BCUT2D eigenvalue weighted by Crippen LogP contribution is 2.28. The number of aromatic nitrogens is 2. The Morgan fingerprint density at radius 2 is 2.60 bits per heavy atom. The van der Waals surface area contributed by atoms with Gasteiger partial charge in [-0.25, -0.2) is 4.68 Å². The Morgan fingerprint density at radius 1 is 1.80 bits per heavy atom. The summed E-state index contributed by atoms with van der Waals surface area (Å²) in [6, 6.07) is -0.552. The Morgan fingerprint density at radius 3 is 3.33 bits per heavy atom. The van der Waals surface area contributed by atoms with Crippen molar-refractivity contribution in [3.63, 3.8) is 0 Å².